The predicted octanol–water partition coefficient (Wildman–Crippen LogP) is 2.42. The second-order valence-corrected chi connectivity index (χ2v) is 5.19. The Labute approximate surface area is 117 Å². The molecule has 1 heterocycles. The number of alkyl halides is 3. The number of urea groups is 1. The zero-order chi connectivity index (χ0) is 15.4. The highest BCUT2D eigenvalue weighted by molar-refractivity contribution is 6.24. The molecule has 2 atom stereocenters. The number of hydrogen-bond acceptors (Lipinski definition) is 3. The smallest absolute Gasteiger partial charge is 0.406 e. The molecule has 1 saturated heterocycles. The molecule has 0 bridgehead atoms. The lowest BCUT2D eigenvalue weighted by Crippen LogP contribution is -2.34. The van der Waals surface area contributed by atoms with Crippen molar-refractivity contribution in [2.75, 3.05) is 4.90 Å². The number of anilines is 1. The Morgan fingerprint density at radius 1 is 1.29 bits per heavy atom. The van der Waals surface area contributed by atoms with Crippen molar-refractivity contribution in [2.24, 2.45) is 5.92 Å². The van der Waals surface area contributed by atoms with Crippen molar-refractivity contribution in [3.05, 3.63) is 24.3 Å². The molecule has 3 rings (SSSR count). The van der Waals surface area contributed by atoms with E-state index in [1.54, 1.807) is 0 Å². The van der Waals surface area contributed by atoms with Crippen molar-refractivity contribution in [2.45, 2.75) is 25.2 Å². The average Bonchev–Trinajstić information content (AvgIpc) is 2.93. The fourth-order valence-electron chi connectivity index (χ4n) is 2.52. The predicted molar refractivity (Wildman–Crippen MR) is 65.7 cm³/mol. The van der Waals surface area contributed by atoms with Crippen LogP contribution in [0, 0.1) is 5.92 Å². The first-order valence-electron chi connectivity index (χ1n) is 6.25. The molecule has 2 aliphatic rings. The Morgan fingerprint density at radius 3 is 2.29 bits per heavy atom. The van der Waals surface area contributed by atoms with Crippen LogP contribution in [-0.2, 0) is 4.79 Å². The summed E-state index contributed by atoms with van der Waals surface area (Å²) in [5, 5.41) is 2.63. The second-order valence-electron chi connectivity index (χ2n) is 5.19. The second kappa shape index (κ2) is 4.12. The maximum Gasteiger partial charge on any atom is 0.573 e. The van der Waals surface area contributed by atoms with Gasteiger partial charge in [0, 0.05) is 0 Å². The minimum atomic E-state index is -4.78. The summed E-state index contributed by atoms with van der Waals surface area (Å²) in [5.41, 5.74) is -0.624. The molecule has 5 nitrogen and oxygen atoms in total. The molecular weight excluding hydrogens is 289 g/mol. The van der Waals surface area contributed by atoms with Crippen LogP contribution in [0.2, 0.25) is 0 Å². The third-order valence-electron chi connectivity index (χ3n) is 3.76. The summed E-state index contributed by atoms with van der Waals surface area (Å²) in [7, 11) is 0. The Balaban J connectivity index is 1.82. The zero-order valence-electron chi connectivity index (χ0n) is 10.9. The van der Waals surface area contributed by atoms with Crippen LogP contribution in [-0.4, -0.2) is 23.8 Å². The van der Waals surface area contributed by atoms with Crippen molar-refractivity contribution in [1.29, 1.82) is 0 Å². The molecule has 1 spiro atoms. The Morgan fingerprint density at radius 2 is 1.86 bits per heavy atom. The maximum atomic E-state index is 12.3. The number of ether oxygens (including phenoxy) is 1. The number of nitrogens with one attached hydrogen (secondary N) is 1. The summed E-state index contributed by atoms with van der Waals surface area (Å²) in [4.78, 5) is 25.1. The van der Waals surface area contributed by atoms with Gasteiger partial charge in [-0.25, -0.2) is 9.69 Å². The highest BCUT2D eigenvalue weighted by atomic mass is 19.4. The molecule has 112 valence electrons. The van der Waals surface area contributed by atoms with Gasteiger partial charge in [-0.3, -0.25) is 4.79 Å². The van der Waals surface area contributed by atoms with Gasteiger partial charge in [-0.15, -0.1) is 13.2 Å². The molecule has 2 unspecified atom stereocenters. The van der Waals surface area contributed by atoms with Crippen molar-refractivity contribution >= 4 is 17.6 Å². The first-order chi connectivity index (χ1) is 9.73. The zero-order valence-corrected chi connectivity index (χ0v) is 10.9. The van der Waals surface area contributed by atoms with Crippen molar-refractivity contribution in [1.82, 2.24) is 5.32 Å². The van der Waals surface area contributed by atoms with E-state index >= 15 is 0 Å². The van der Waals surface area contributed by atoms with Crippen LogP contribution in [0.3, 0.4) is 0 Å². The van der Waals surface area contributed by atoms with Gasteiger partial charge in [-0.2, -0.15) is 0 Å². The molecule has 1 aliphatic carbocycles. The summed E-state index contributed by atoms with van der Waals surface area (Å²) in [6, 6.07) is 4.04. The minimum Gasteiger partial charge on any atom is -0.406 e. The number of carbonyl (C=O) groups is 2. The number of rotatable bonds is 2. The van der Waals surface area contributed by atoms with E-state index in [0.29, 0.717) is 6.42 Å². The molecule has 1 aliphatic heterocycles. The van der Waals surface area contributed by atoms with E-state index in [2.05, 4.69) is 10.1 Å². The lowest BCUT2D eigenvalue weighted by molar-refractivity contribution is -0.274. The van der Waals surface area contributed by atoms with Crippen LogP contribution in [0.15, 0.2) is 24.3 Å². The molecule has 1 N–H and O–H groups in total. The Hall–Kier alpha value is -2.25. The molecule has 0 aromatic heterocycles. The van der Waals surface area contributed by atoms with Crippen LogP contribution in [0.25, 0.3) is 0 Å². The van der Waals surface area contributed by atoms with Gasteiger partial charge in [0.15, 0.2) is 0 Å². The van der Waals surface area contributed by atoms with E-state index in [-0.39, 0.29) is 17.5 Å². The molecule has 2 fully saturated rings. The molecule has 8 heteroatoms. The quantitative estimate of drug-likeness (QED) is 0.853. The van der Waals surface area contributed by atoms with Crippen LogP contribution >= 0.6 is 0 Å². The maximum absolute atomic E-state index is 12.3. The van der Waals surface area contributed by atoms with Gasteiger partial charge < -0.3 is 10.1 Å². The summed E-state index contributed by atoms with van der Waals surface area (Å²) in [6.07, 6.45) is -4.21. The molecule has 3 amide bonds. The topological polar surface area (TPSA) is 58.6 Å². The molecule has 21 heavy (non-hydrogen) atoms. The first kappa shape index (κ1) is 13.7. The van der Waals surface area contributed by atoms with E-state index in [1.807, 2.05) is 6.92 Å². The van der Waals surface area contributed by atoms with E-state index in [1.165, 1.54) is 12.1 Å². The number of benzene rings is 1. The normalized spacial score (nSPS) is 28.0. The summed E-state index contributed by atoms with van der Waals surface area (Å²) in [5.74, 6) is -0.718. The van der Waals surface area contributed by atoms with Crippen molar-refractivity contribution < 1.29 is 27.5 Å². The number of halogens is 3. The number of carbonyl (C=O) groups excluding carboxylic acids is 2. The van der Waals surface area contributed by atoms with Gasteiger partial charge in [0.2, 0.25) is 0 Å². The Bertz CT molecular complexity index is 614. The summed E-state index contributed by atoms with van der Waals surface area (Å²) in [6.45, 7) is 1.85. The highest BCUT2D eigenvalue weighted by Crippen LogP contribution is 2.48. The number of hydrogen-bond donors (Lipinski definition) is 1. The monoisotopic (exact) mass is 300 g/mol. The molecule has 0 radical (unpaired) electrons. The molecular formula is C13H11F3N2O3. The lowest BCUT2D eigenvalue weighted by Gasteiger charge is -2.14. The molecule has 1 aromatic rings. The highest BCUT2D eigenvalue weighted by Gasteiger charge is 2.65. The first-order valence-corrected chi connectivity index (χ1v) is 6.25. The fraction of sp³-hybridized carbons (Fsp3) is 0.385. The lowest BCUT2D eigenvalue weighted by atomic mass is 10.2. The van der Waals surface area contributed by atoms with Gasteiger partial charge in [0.05, 0.1) is 5.69 Å². The fourth-order valence-corrected chi connectivity index (χ4v) is 2.52. The minimum absolute atomic E-state index is 0.0618. The van der Waals surface area contributed by atoms with Gasteiger partial charge in [-0.05, 0) is 36.6 Å². The third kappa shape index (κ3) is 2.20. The number of nitrogens with zero attached hydrogens (tertiary/aromatic N) is 1. The van der Waals surface area contributed by atoms with Crippen molar-refractivity contribution in [3.63, 3.8) is 0 Å². The third-order valence-corrected chi connectivity index (χ3v) is 3.76. The van der Waals surface area contributed by atoms with Gasteiger partial charge in [0.1, 0.15) is 11.3 Å². The van der Waals surface area contributed by atoms with Crippen LogP contribution in [0.1, 0.15) is 13.3 Å². The van der Waals surface area contributed by atoms with E-state index in [4.69, 9.17) is 0 Å². The van der Waals surface area contributed by atoms with Crippen LogP contribution in [0.4, 0.5) is 23.7 Å². The van der Waals surface area contributed by atoms with Crippen LogP contribution in [0.5, 0.6) is 5.75 Å². The van der Waals surface area contributed by atoms with Crippen molar-refractivity contribution in [3.8, 4) is 5.75 Å². The molecule has 1 saturated carbocycles. The molecule has 1 aromatic carbocycles. The summed E-state index contributed by atoms with van der Waals surface area (Å²) < 4.78 is 39.9. The summed E-state index contributed by atoms with van der Waals surface area (Å²) >= 11 is 0. The van der Waals surface area contributed by atoms with E-state index in [0.717, 1.165) is 17.0 Å². The van der Waals surface area contributed by atoms with Gasteiger partial charge in [0.25, 0.3) is 5.91 Å². The number of amides is 3. The SMILES string of the molecule is CC1CC12NC(=O)N(c1ccc(OC(F)(F)F)cc1)C2=O. The standard InChI is InChI=1S/C13H11F3N2O3/c1-7-6-12(7)10(19)18(11(20)17-12)8-2-4-9(5-3-8)21-13(14,15)16/h2-5,7H,6H2,1H3,(H,17,20). The average molecular weight is 300 g/mol. The van der Waals surface area contributed by atoms with E-state index in [9.17, 15) is 22.8 Å². The van der Waals surface area contributed by atoms with Crippen LogP contribution < -0.4 is 15.0 Å². The Kier molecular flexibility index (Phi) is 2.69. The van der Waals surface area contributed by atoms with Gasteiger partial charge in [-0.1, -0.05) is 6.92 Å². The number of imide groups is 1. The van der Waals surface area contributed by atoms with Gasteiger partial charge >= 0.3 is 12.4 Å². The van der Waals surface area contributed by atoms with E-state index < -0.39 is 23.7 Å². The largest absolute Gasteiger partial charge is 0.573 e.